The summed E-state index contributed by atoms with van der Waals surface area (Å²) < 4.78 is 1.70. The predicted octanol–water partition coefficient (Wildman–Crippen LogP) is 3.98. The first-order valence-electron chi connectivity index (χ1n) is 9.14. The average Bonchev–Trinajstić information content (AvgIpc) is 3.24. The van der Waals surface area contributed by atoms with Crippen LogP contribution in [0.15, 0.2) is 90.6 Å². The van der Waals surface area contributed by atoms with E-state index in [9.17, 15) is 4.79 Å². The minimum atomic E-state index is -0.0899. The van der Waals surface area contributed by atoms with Gasteiger partial charge in [-0.05, 0) is 53.9 Å². The van der Waals surface area contributed by atoms with Crippen molar-refractivity contribution >= 4 is 23.4 Å². The fraction of sp³-hybridized carbons (Fsp3) is 0.0909. The Balaban J connectivity index is 1.28. The molecule has 1 amide bonds. The van der Waals surface area contributed by atoms with Gasteiger partial charge in [0.15, 0.2) is 0 Å². The molecule has 29 heavy (non-hydrogen) atoms. The molecule has 0 bridgehead atoms. The van der Waals surface area contributed by atoms with E-state index in [1.165, 1.54) is 22.9 Å². The highest BCUT2D eigenvalue weighted by Crippen LogP contribution is 2.16. The van der Waals surface area contributed by atoms with Gasteiger partial charge in [-0.15, -0.1) is 5.10 Å². The monoisotopic (exact) mass is 401 g/mol. The van der Waals surface area contributed by atoms with E-state index in [4.69, 9.17) is 0 Å². The van der Waals surface area contributed by atoms with E-state index in [-0.39, 0.29) is 11.7 Å². The fourth-order valence-electron chi connectivity index (χ4n) is 2.79. The smallest absolute Gasteiger partial charge is 0.234 e. The number of amides is 1. The molecule has 0 spiro atoms. The van der Waals surface area contributed by atoms with Crippen molar-refractivity contribution in [2.75, 3.05) is 11.1 Å². The second-order valence-corrected chi connectivity index (χ2v) is 7.32. The highest BCUT2D eigenvalue weighted by atomic mass is 32.2. The number of thioether (sulfide) groups is 1. The van der Waals surface area contributed by atoms with Crippen molar-refractivity contribution < 1.29 is 4.79 Å². The maximum Gasteiger partial charge on any atom is 0.234 e. The molecule has 0 aliphatic rings. The van der Waals surface area contributed by atoms with Crippen LogP contribution in [0.1, 0.15) is 11.1 Å². The van der Waals surface area contributed by atoms with Crippen LogP contribution in [0.25, 0.3) is 5.69 Å². The molecular weight excluding hydrogens is 382 g/mol. The third-order valence-electron chi connectivity index (χ3n) is 4.22. The van der Waals surface area contributed by atoms with Gasteiger partial charge in [-0.3, -0.25) is 9.78 Å². The second kappa shape index (κ2) is 9.16. The van der Waals surface area contributed by atoms with Gasteiger partial charge in [0.2, 0.25) is 11.1 Å². The number of nitrogens with zero attached hydrogens (tertiary/aromatic N) is 4. The highest BCUT2D eigenvalue weighted by molar-refractivity contribution is 7.99. The van der Waals surface area contributed by atoms with Crippen LogP contribution in [-0.2, 0) is 11.2 Å². The van der Waals surface area contributed by atoms with Crippen molar-refractivity contribution in [2.45, 2.75) is 11.6 Å². The van der Waals surface area contributed by atoms with Crippen LogP contribution >= 0.6 is 11.8 Å². The number of rotatable bonds is 7. The Labute approximate surface area is 173 Å². The molecule has 0 saturated heterocycles. The number of nitrogens with one attached hydrogen (secondary N) is 1. The van der Waals surface area contributed by atoms with Gasteiger partial charge in [-0.25, -0.2) is 9.67 Å². The van der Waals surface area contributed by atoms with E-state index in [2.05, 4.69) is 20.4 Å². The van der Waals surface area contributed by atoms with Crippen molar-refractivity contribution in [1.29, 1.82) is 0 Å². The van der Waals surface area contributed by atoms with Crippen molar-refractivity contribution in [3.05, 3.63) is 96.6 Å². The molecule has 0 saturated carbocycles. The number of para-hydroxylation sites is 1. The minimum Gasteiger partial charge on any atom is -0.325 e. The summed E-state index contributed by atoms with van der Waals surface area (Å²) in [6.45, 7) is 0. The molecule has 2 heterocycles. The number of anilines is 1. The van der Waals surface area contributed by atoms with Crippen LogP contribution in [0, 0.1) is 0 Å². The maximum atomic E-state index is 12.2. The van der Waals surface area contributed by atoms with Gasteiger partial charge >= 0.3 is 0 Å². The van der Waals surface area contributed by atoms with Crippen LogP contribution in [-0.4, -0.2) is 31.4 Å². The van der Waals surface area contributed by atoms with Crippen molar-refractivity contribution in [2.24, 2.45) is 0 Å². The maximum absolute atomic E-state index is 12.2. The van der Waals surface area contributed by atoms with E-state index < -0.39 is 0 Å². The number of hydrogen-bond donors (Lipinski definition) is 1. The first-order chi connectivity index (χ1) is 14.3. The summed E-state index contributed by atoms with van der Waals surface area (Å²) >= 11 is 1.31. The normalized spacial score (nSPS) is 10.6. The Morgan fingerprint density at radius 3 is 2.41 bits per heavy atom. The molecule has 0 radical (unpaired) electrons. The molecule has 4 rings (SSSR count). The highest BCUT2D eigenvalue weighted by Gasteiger charge is 2.08. The molecule has 0 unspecified atom stereocenters. The SMILES string of the molecule is O=C(CSc1ncn(-c2ccccc2)n1)Nc1ccc(Cc2ccncc2)cc1. The Morgan fingerprint density at radius 1 is 0.931 bits per heavy atom. The molecule has 2 aromatic heterocycles. The predicted molar refractivity (Wildman–Crippen MR) is 114 cm³/mol. The largest absolute Gasteiger partial charge is 0.325 e. The molecule has 7 heteroatoms. The summed E-state index contributed by atoms with van der Waals surface area (Å²) in [4.78, 5) is 20.5. The van der Waals surface area contributed by atoms with Crippen LogP contribution in [0.2, 0.25) is 0 Å². The van der Waals surface area contributed by atoms with E-state index in [1.807, 2.05) is 66.7 Å². The lowest BCUT2D eigenvalue weighted by molar-refractivity contribution is -0.113. The summed E-state index contributed by atoms with van der Waals surface area (Å²) in [7, 11) is 0. The van der Waals surface area contributed by atoms with Crippen molar-refractivity contribution in [3.63, 3.8) is 0 Å². The third-order valence-corrected chi connectivity index (χ3v) is 5.07. The molecule has 0 fully saturated rings. The number of benzene rings is 2. The molecule has 0 aliphatic carbocycles. The number of carbonyl (C=O) groups excluding carboxylic acids is 1. The van der Waals surface area contributed by atoms with Gasteiger partial charge in [0.05, 0.1) is 11.4 Å². The van der Waals surface area contributed by atoms with E-state index >= 15 is 0 Å². The third kappa shape index (κ3) is 5.30. The summed E-state index contributed by atoms with van der Waals surface area (Å²) in [5.41, 5.74) is 4.09. The zero-order valence-electron chi connectivity index (χ0n) is 15.6. The van der Waals surface area contributed by atoms with Crippen molar-refractivity contribution in [1.82, 2.24) is 19.7 Å². The van der Waals surface area contributed by atoms with Crippen LogP contribution < -0.4 is 5.32 Å². The molecule has 6 nitrogen and oxygen atoms in total. The van der Waals surface area contributed by atoms with Crippen LogP contribution in [0.3, 0.4) is 0 Å². The number of carbonyl (C=O) groups is 1. The van der Waals surface area contributed by atoms with Gasteiger partial charge < -0.3 is 5.32 Å². The minimum absolute atomic E-state index is 0.0899. The number of pyridine rings is 1. The Bertz CT molecular complexity index is 1070. The molecule has 144 valence electrons. The lowest BCUT2D eigenvalue weighted by Gasteiger charge is -2.06. The summed E-state index contributed by atoms with van der Waals surface area (Å²) in [5.74, 6) is 0.158. The molecular formula is C22H19N5OS. The number of hydrogen-bond acceptors (Lipinski definition) is 5. The van der Waals surface area contributed by atoms with Gasteiger partial charge in [-0.2, -0.15) is 0 Å². The van der Waals surface area contributed by atoms with Gasteiger partial charge in [0.25, 0.3) is 0 Å². The zero-order valence-corrected chi connectivity index (χ0v) is 16.4. The summed E-state index contributed by atoms with van der Waals surface area (Å²) in [6.07, 6.45) is 6.07. The summed E-state index contributed by atoms with van der Waals surface area (Å²) in [6, 6.07) is 21.6. The molecule has 2 aromatic carbocycles. The Hall–Kier alpha value is -3.45. The van der Waals surface area contributed by atoms with Crippen LogP contribution in [0.5, 0.6) is 0 Å². The molecule has 4 aromatic rings. The Morgan fingerprint density at radius 2 is 1.66 bits per heavy atom. The fourth-order valence-corrected chi connectivity index (χ4v) is 3.39. The second-order valence-electron chi connectivity index (χ2n) is 6.37. The molecule has 0 atom stereocenters. The lowest BCUT2D eigenvalue weighted by atomic mass is 10.1. The van der Waals surface area contributed by atoms with E-state index in [0.717, 1.165) is 17.8 Å². The van der Waals surface area contributed by atoms with Crippen molar-refractivity contribution in [3.8, 4) is 5.69 Å². The van der Waals surface area contributed by atoms with Crippen LogP contribution in [0.4, 0.5) is 5.69 Å². The van der Waals surface area contributed by atoms with Gasteiger partial charge in [0, 0.05) is 18.1 Å². The lowest BCUT2D eigenvalue weighted by Crippen LogP contribution is -2.14. The topological polar surface area (TPSA) is 72.7 Å². The average molecular weight is 401 g/mol. The summed E-state index contributed by atoms with van der Waals surface area (Å²) in [5, 5.41) is 7.87. The molecule has 0 aliphatic heterocycles. The standard InChI is InChI=1S/C22H19N5OS/c28-21(15-29-22-24-16-27(26-22)20-4-2-1-3-5-20)25-19-8-6-17(7-9-19)14-18-10-12-23-13-11-18/h1-13,16H,14-15H2,(H,25,28). The quantitative estimate of drug-likeness (QED) is 0.474. The Kier molecular flexibility index (Phi) is 5.97. The first kappa shape index (κ1) is 18.9. The zero-order chi connectivity index (χ0) is 19.9. The van der Waals surface area contributed by atoms with Gasteiger partial charge in [-0.1, -0.05) is 42.1 Å². The first-order valence-corrected chi connectivity index (χ1v) is 10.1. The number of aromatic nitrogens is 4. The van der Waals surface area contributed by atoms with E-state index in [0.29, 0.717) is 5.16 Å². The van der Waals surface area contributed by atoms with Gasteiger partial charge in [0.1, 0.15) is 6.33 Å². The van der Waals surface area contributed by atoms with E-state index in [1.54, 1.807) is 23.4 Å². The molecule has 1 N–H and O–H groups in total.